The Morgan fingerprint density at radius 3 is 2.39 bits per heavy atom. The lowest BCUT2D eigenvalue weighted by Crippen LogP contribution is -2.36. The standard InChI is InChI=1S/C22H22O/c23-19-11-13-22(16-17-7-3-1-4-8-17)14-12-20(21(22)15-19)18-9-5-2-6-10-18/h1-10,12,21H,11,13-16H2/t21-,22+/m1/s1. The summed E-state index contributed by atoms with van der Waals surface area (Å²) < 4.78 is 0. The number of allylic oxidation sites excluding steroid dienone is 2. The Balaban J connectivity index is 1.68. The van der Waals surface area contributed by atoms with Crippen LogP contribution in [0.15, 0.2) is 66.7 Å². The fourth-order valence-corrected chi connectivity index (χ4v) is 4.48. The van der Waals surface area contributed by atoms with Crippen molar-refractivity contribution in [1.82, 2.24) is 0 Å². The van der Waals surface area contributed by atoms with Gasteiger partial charge in [-0.3, -0.25) is 4.79 Å². The van der Waals surface area contributed by atoms with Gasteiger partial charge in [-0.05, 0) is 47.3 Å². The molecule has 0 saturated heterocycles. The second kappa shape index (κ2) is 5.81. The number of hydrogen-bond donors (Lipinski definition) is 0. The van der Waals surface area contributed by atoms with Crippen molar-refractivity contribution in [2.24, 2.45) is 11.3 Å². The van der Waals surface area contributed by atoms with Crippen LogP contribution in [0.2, 0.25) is 0 Å². The molecule has 4 rings (SSSR count). The van der Waals surface area contributed by atoms with Gasteiger partial charge in [0.2, 0.25) is 0 Å². The summed E-state index contributed by atoms with van der Waals surface area (Å²) in [4.78, 5) is 12.2. The van der Waals surface area contributed by atoms with E-state index in [4.69, 9.17) is 0 Å². The average molecular weight is 302 g/mol. The van der Waals surface area contributed by atoms with Gasteiger partial charge in [-0.25, -0.2) is 0 Å². The fraction of sp³-hybridized carbons (Fsp3) is 0.318. The van der Waals surface area contributed by atoms with Crippen LogP contribution in [0, 0.1) is 11.3 Å². The lowest BCUT2D eigenvalue weighted by atomic mass is 9.62. The van der Waals surface area contributed by atoms with E-state index < -0.39 is 0 Å². The number of ketones is 1. The summed E-state index contributed by atoms with van der Waals surface area (Å²) >= 11 is 0. The molecule has 0 radical (unpaired) electrons. The van der Waals surface area contributed by atoms with Crippen molar-refractivity contribution in [3.63, 3.8) is 0 Å². The highest BCUT2D eigenvalue weighted by molar-refractivity contribution is 5.84. The third kappa shape index (κ3) is 2.65. The van der Waals surface area contributed by atoms with Crippen LogP contribution in [0.4, 0.5) is 0 Å². The van der Waals surface area contributed by atoms with Crippen LogP contribution in [0.1, 0.15) is 36.8 Å². The van der Waals surface area contributed by atoms with Crippen LogP contribution in [0.3, 0.4) is 0 Å². The molecule has 0 bridgehead atoms. The quantitative estimate of drug-likeness (QED) is 0.773. The zero-order chi connectivity index (χ0) is 15.7. The Bertz CT molecular complexity index is 729. The van der Waals surface area contributed by atoms with Crippen molar-refractivity contribution in [2.75, 3.05) is 0 Å². The van der Waals surface area contributed by atoms with Gasteiger partial charge in [0, 0.05) is 12.8 Å². The van der Waals surface area contributed by atoms with Crippen LogP contribution in [0.5, 0.6) is 0 Å². The van der Waals surface area contributed by atoms with Gasteiger partial charge in [-0.1, -0.05) is 66.7 Å². The molecule has 0 unspecified atom stereocenters. The third-order valence-corrected chi connectivity index (χ3v) is 5.68. The summed E-state index contributed by atoms with van der Waals surface area (Å²) in [6.45, 7) is 0. The molecule has 1 nitrogen and oxygen atoms in total. The zero-order valence-electron chi connectivity index (χ0n) is 13.4. The van der Waals surface area contributed by atoms with Crippen LogP contribution < -0.4 is 0 Å². The Hall–Kier alpha value is -2.15. The van der Waals surface area contributed by atoms with E-state index in [1.165, 1.54) is 16.7 Å². The molecular weight excluding hydrogens is 280 g/mol. The van der Waals surface area contributed by atoms with Crippen LogP contribution in [-0.2, 0) is 11.2 Å². The van der Waals surface area contributed by atoms with E-state index in [-0.39, 0.29) is 5.41 Å². The first-order valence-corrected chi connectivity index (χ1v) is 8.58. The molecular formula is C22H22O. The molecule has 23 heavy (non-hydrogen) atoms. The minimum absolute atomic E-state index is 0.237. The van der Waals surface area contributed by atoms with Crippen LogP contribution in [0.25, 0.3) is 5.57 Å². The maximum absolute atomic E-state index is 12.2. The largest absolute Gasteiger partial charge is 0.300 e. The molecule has 2 atom stereocenters. The number of carbonyl (C=O) groups excluding carboxylic acids is 1. The molecule has 2 aromatic rings. The van der Waals surface area contributed by atoms with Gasteiger partial charge in [0.15, 0.2) is 0 Å². The van der Waals surface area contributed by atoms with E-state index in [9.17, 15) is 4.79 Å². The molecule has 0 amide bonds. The monoisotopic (exact) mass is 302 g/mol. The molecule has 0 N–H and O–H groups in total. The van der Waals surface area contributed by atoms with Crippen LogP contribution in [-0.4, -0.2) is 5.78 Å². The van der Waals surface area contributed by atoms with Crippen molar-refractivity contribution in [3.05, 3.63) is 77.9 Å². The topological polar surface area (TPSA) is 17.1 Å². The highest BCUT2D eigenvalue weighted by Gasteiger charge is 2.47. The highest BCUT2D eigenvalue weighted by Crippen LogP contribution is 2.55. The molecule has 2 aliphatic rings. The molecule has 0 heterocycles. The van der Waals surface area contributed by atoms with Crippen molar-refractivity contribution < 1.29 is 4.79 Å². The van der Waals surface area contributed by atoms with Gasteiger partial charge >= 0.3 is 0 Å². The first-order valence-electron chi connectivity index (χ1n) is 8.58. The third-order valence-electron chi connectivity index (χ3n) is 5.68. The Morgan fingerprint density at radius 2 is 1.65 bits per heavy atom. The van der Waals surface area contributed by atoms with E-state index in [0.717, 1.165) is 25.7 Å². The first kappa shape index (κ1) is 14.4. The average Bonchev–Trinajstić information content (AvgIpc) is 2.95. The summed E-state index contributed by atoms with van der Waals surface area (Å²) in [5, 5.41) is 0. The smallest absolute Gasteiger partial charge is 0.133 e. The minimum atomic E-state index is 0.237. The maximum atomic E-state index is 12.2. The summed E-state index contributed by atoms with van der Waals surface area (Å²) in [6.07, 6.45) is 7.08. The van der Waals surface area contributed by atoms with E-state index in [2.05, 4.69) is 66.7 Å². The molecule has 0 aliphatic heterocycles. The van der Waals surface area contributed by atoms with Gasteiger partial charge in [-0.2, -0.15) is 0 Å². The SMILES string of the molecule is O=C1CC[C@@]2(Cc3ccccc3)CC=C(c3ccccc3)[C@H]2C1. The van der Waals surface area contributed by atoms with E-state index in [1.54, 1.807) is 0 Å². The molecule has 2 aromatic carbocycles. The highest BCUT2D eigenvalue weighted by atomic mass is 16.1. The zero-order valence-corrected chi connectivity index (χ0v) is 13.4. The maximum Gasteiger partial charge on any atom is 0.133 e. The number of fused-ring (bicyclic) bond motifs is 1. The second-order valence-electron chi connectivity index (χ2n) is 7.05. The lowest BCUT2D eigenvalue weighted by molar-refractivity contribution is -0.123. The van der Waals surface area contributed by atoms with Crippen molar-refractivity contribution in [2.45, 2.75) is 32.1 Å². The second-order valence-corrected chi connectivity index (χ2v) is 7.05. The van der Waals surface area contributed by atoms with Gasteiger partial charge in [0.25, 0.3) is 0 Å². The molecule has 1 fully saturated rings. The van der Waals surface area contributed by atoms with E-state index in [0.29, 0.717) is 18.1 Å². The molecule has 1 heteroatoms. The normalized spacial score (nSPS) is 26.7. The first-order chi connectivity index (χ1) is 11.3. The Kier molecular flexibility index (Phi) is 3.65. The number of hydrogen-bond acceptors (Lipinski definition) is 1. The number of rotatable bonds is 3. The summed E-state index contributed by atoms with van der Waals surface area (Å²) in [5.74, 6) is 0.814. The molecule has 0 aromatic heterocycles. The van der Waals surface area contributed by atoms with Gasteiger partial charge in [0.05, 0.1) is 0 Å². The molecule has 2 aliphatic carbocycles. The number of benzene rings is 2. The lowest BCUT2D eigenvalue weighted by Gasteiger charge is -2.41. The minimum Gasteiger partial charge on any atom is -0.300 e. The fourth-order valence-electron chi connectivity index (χ4n) is 4.48. The van der Waals surface area contributed by atoms with Gasteiger partial charge in [0.1, 0.15) is 5.78 Å². The predicted molar refractivity (Wildman–Crippen MR) is 94.0 cm³/mol. The number of carbonyl (C=O) groups is 1. The number of Topliss-reactive ketones (excluding diaryl/α,β-unsaturated/α-hetero) is 1. The summed E-state index contributed by atoms with van der Waals surface area (Å²) in [7, 11) is 0. The van der Waals surface area contributed by atoms with Crippen molar-refractivity contribution in [3.8, 4) is 0 Å². The molecule has 1 saturated carbocycles. The summed E-state index contributed by atoms with van der Waals surface area (Å²) in [6, 6.07) is 21.4. The van der Waals surface area contributed by atoms with Gasteiger partial charge in [-0.15, -0.1) is 0 Å². The predicted octanol–water partition coefficient (Wildman–Crippen LogP) is 5.07. The molecule has 0 spiro atoms. The van der Waals surface area contributed by atoms with E-state index >= 15 is 0 Å². The van der Waals surface area contributed by atoms with E-state index in [1.807, 2.05) is 0 Å². The Morgan fingerprint density at radius 1 is 0.957 bits per heavy atom. The van der Waals surface area contributed by atoms with Crippen LogP contribution >= 0.6 is 0 Å². The van der Waals surface area contributed by atoms with Crippen molar-refractivity contribution >= 4 is 11.4 Å². The summed E-state index contributed by atoms with van der Waals surface area (Å²) in [5.41, 5.74) is 4.33. The van der Waals surface area contributed by atoms with Crippen molar-refractivity contribution in [1.29, 1.82) is 0 Å². The van der Waals surface area contributed by atoms with Gasteiger partial charge < -0.3 is 0 Å². The molecule has 116 valence electrons. The Labute approximate surface area is 138 Å².